The van der Waals surface area contributed by atoms with Crippen LogP contribution in [0, 0.1) is 19.7 Å². The van der Waals surface area contributed by atoms with E-state index in [1.165, 1.54) is 12.3 Å². The highest BCUT2D eigenvalue weighted by Crippen LogP contribution is 2.31. The average Bonchev–Trinajstić information content (AvgIpc) is 3.24. The number of hydrazone groups is 1. The second-order valence-electron chi connectivity index (χ2n) is 6.73. The van der Waals surface area contributed by atoms with E-state index >= 15 is 0 Å². The van der Waals surface area contributed by atoms with Crippen LogP contribution >= 0.6 is 31.9 Å². The molecule has 0 aliphatic heterocycles. The van der Waals surface area contributed by atoms with Gasteiger partial charge in [0.25, 0.3) is 0 Å². The number of rotatable bonds is 4. The Kier molecular flexibility index (Phi) is 5.62. The van der Waals surface area contributed by atoms with E-state index < -0.39 is 5.91 Å². The van der Waals surface area contributed by atoms with Crippen molar-refractivity contribution in [3.8, 4) is 5.69 Å². The first kappa shape index (κ1) is 20.6. The number of hydrogen-bond acceptors (Lipinski definition) is 3. The first-order chi connectivity index (χ1) is 14.3. The number of benzene rings is 2. The van der Waals surface area contributed by atoms with Crippen molar-refractivity contribution < 1.29 is 13.6 Å². The fourth-order valence-electron chi connectivity index (χ4n) is 3.33. The summed E-state index contributed by atoms with van der Waals surface area (Å²) in [7, 11) is 0. The Balaban J connectivity index is 1.55. The lowest BCUT2D eigenvalue weighted by atomic mass is 10.2. The quantitative estimate of drug-likeness (QED) is 0.249. The summed E-state index contributed by atoms with van der Waals surface area (Å²) in [5.74, 6) is -0.620. The summed E-state index contributed by atoms with van der Waals surface area (Å²) in [5.41, 5.74) is 5.97. The summed E-state index contributed by atoms with van der Waals surface area (Å²) < 4.78 is 23.3. The summed E-state index contributed by atoms with van der Waals surface area (Å²) in [4.78, 5) is 12.4. The maximum absolute atomic E-state index is 14.2. The van der Waals surface area contributed by atoms with Gasteiger partial charge in [-0.05, 0) is 66.2 Å². The Bertz CT molecular complexity index is 1310. The van der Waals surface area contributed by atoms with E-state index in [2.05, 4.69) is 42.4 Å². The molecule has 0 spiro atoms. The van der Waals surface area contributed by atoms with Gasteiger partial charge in [0.2, 0.25) is 0 Å². The fourth-order valence-corrected chi connectivity index (χ4v) is 4.66. The summed E-state index contributed by atoms with van der Waals surface area (Å²) >= 11 is 6.83. The predicted octanol–water partition coefficient (Wildman–Crippen LogP) is 6.27. The van der Waals surface area contributed by atoms with Crippen LogP contribution in [0.5, 0.6) is 0 Å². The minimum atomic E-state index is -0.464. The molecule has 0 atom stereocenters. The zero-order valence-electron chi connectivity index (χ0n) is 16.0. The van der Waals surface area contributed by atoms with Crippen LogP contribution in [-0.2, 0) is 0 Å². The Morgan fingerprint density at radius 2 is 1.93 bits per heavy atom. The van der Waals surface area contributed by atoms with Crippen molar-refractivity contribution in [2.75, 3.05) is 0 Å². The number of para-hydroxylation sites is 1. The lowest BCUT2D eigenvalue weighted by Gasteiger charge is -2.10. The molecule has 0 aliphatic carbocycles. The molecule has 0 fully saturated rings. The Morgan fingerprint density at radius 1 is 1.17 bits per heavy atom. The van der Waals surface area contributed by atoms with Gasteiger partial charge in [-0.25, -0.2) is 9.82 Å². The van der Waals surface area contributed by atoms with Crippen LogP contribution in [0.1, 0.15) is 27.5 Å². The van der Waals surface area contributed by atoms with Crippen molar-refractivity contribution in [3.05, 3.63) is 86.0 Å². The standard InChI is InChI=1S/C22H16Br2FN3O2/c1-12-7-15(13(2)28(12)19-6-4-3-5-18(19)25)11-26-27-22(29)20-9-14-8-16(23)10-17(24)21(14)30-20/h3-11H,1-2H3,(H,27,29)/b26-11-. The number of fused-ring (bicyclic) bond motifs is 1. The smallest absolute Gasteiger partial charge is 0.307 e. The van der Waals surface area contributed by atoms with Gasteiger partial charge in [0.15, 0.2) is 5.76 Å². The monoisotopic (exact) mass is 531 g/mol. The predicted molar refractivity (Wildman–Crippen MR) is 122 cm³/mol. The Labute approximate surface area is 188 Å². The van der Waals surface area contributed by atoms with Crippen LogP contribution in [0.3, 0.4) is 0 Å². The molecule has 2 aromatic heterocycles. The van der Waals surface area contributed by atoms with Gasteiger partial charge in [0, 0.05) is 26.8 Å². The molecule has 0 bridgehead atoms. The highest BCUT2D eigenvalue weighted by molar-refractivity contribution is 9.11. The summed E-state index contributed by atoms with van der Waals surface area (Å²) in [6.45, 7) is 3.76. The molecule has 1 N–H and O–H groups in total. The van der Waals surface area contributed by atoms with Crippen molar-refractivity contribution in [1.29, 1.82) is 0 Å². The molecule has 4 rings (SSSR count). The first-order valence-corrected chi connectivity index (χ1v) is 10.6. The molecule has 0 aliphatic rings. The normalized spacial score (nSPS) is 11.5. The van der Waals surface area contributed by atoms with Crippen LogP contribution in [0.15, 0.2) is 67.0 Å². The average molecular weight is 533 g/mol. The second-order valence-corrected chi connectivity index (χ2v) is 8.50. The van der Waals surface area contributed by atoms with Gasteiger partial charge in [0.05, 0.1) is 16.4 Å². The van der Waals surface area contributed by atoms with Crippen molar-refractivity contribution in [3.63, 3.8) is 0 Å². The third-order valence-electron chi connectivity index (χ3n) is 4.69. The number of nitrogens with one attached hydrogen (secondary N) is 1. The lowest BCUT2D eigenvalue weighted by molar-refractivity contribution is 0.0929. The molecule has 4 aromatic rings. The maximum Gasteiger partial charge on any atom is 0.307 e. The number of amides is 1. The van der Waals surface area contributed by atoms with Gasteiger partial charge in [-0.2, -0.15) is 5.10 Å². The fraction of sp³-hybridized carbons (Fsp3) is 0.0909. The highest BCUT2D eigenvalue weighted by Gasteiger charge is 2.15. The van der Waals surface area contributed by atoms with Crippen molar-refractivity contribution in [2.24, 2.45) is 5.10 Å². The topological polar surface area (TPSA) is 59.5 Å². The lowest BCUT2D eigenvalue weighted by Crippen LogP contribution is -2.16. The van der Waals surface area contributed by atoms with E-state index in [1.54, 1.807) is 24.3 Å². The van der Waals surface area contributed by atoms with Crippen molar-refractivity contribution in [2.45, 2.75) is 13.8 Å². The third-order valence-corrected chi connectivity index (χ3v) is 5.74. The van der Waals surface area contributed by atoms with E-state index in [0.29, 0.717) is 11.3 Å². The van der Waals surface area contributed by atoms with Gasteiger partial charge < -0.3 is 8.98 Å². The summed E-state index contributed by atoms with van der Waals surface area (Å²) in [6, 6.07) is 13.8. The van der Waals surface area contributed by atoms with E-state index in [4.69, 9.17) is 4.42 Å². The van der Waals surface area contributed by atoms with Crippen molar-refractivity contribution in [1.82, 2.24) is 9.99 Å². The number of carbonyl (C=O) groups is 1. The largest absolute Gasteiger partial charge is 0.450 e. The van der Waals surface area contributed by atoms with Gasteiger partial charge in [-0.15, -0.1) is 0 Å². The number of aryl methyl sites for hydroxylation is 1. The van der Waals surface area contributed by atoms with E-state index in [9.17, 15) is 9.18 Å². The molecule has 0 unspecified atom stereocenters. The molecule has 1 amide bonds. The second kappa shape index (κ2) is 8.20. The van der Waals surface area contributed by atoms with E-state index in [1.807, 2.05) is 36.6 Å². The SMILES string of the molecule is Cc1cc(/C=N\NC(=O)c2cc3cc(Br)cc(Br)c3o2)c(C)n1-c1ccccc1F. The maximum atomic E-state index is 14.2. The van der Waals surface area contributed by atoms with Gasteiger partial charge >= 0.3 is 5.91 Å². The van der Waals surface area contributed by atoms with Crippen LogP contribution in [-0.4, -0.2) is 16.7 Å². The van der Waals surface area contributed by atoms with Crippen LogP contribution in [0.25, 0.3) is 16.7 Å². The number of hydrogen-bond donors (Lipinski definition) is 1. The van der Waals surface area contributed by atoms with Gasteiger partial charge in [-0.3, -0.25) is 4.79 Å². The van der Waals surface area contributed by atoms with E-state index in [0.717, 1.165) is 31.3 Å². The molecule has 8 heteroatoms. The summed E-state index contributed by atoms with van der Waals surface area (Å²) in [6.07, 6.45) is 1.53. The van der Waals surface area contributed by atoms with Crippen molar-refractivity contribution >= 4 is 55.0 Å². The van der Waals surface area contributed by atoms with Crippen LogP contribution in [0.2, 0.25) is 0 Å². The zero-order valence-corrected chi connectivity index (χ0v) is 19.2. The highest BCUT2D eigenvalue weighted by atomic mass is 79.9. The molecule has 0 saturated heterocycles. The molecule has 5 nitrogen and oxygen atoms in total. The van der Waals surface area contributed by atoms with E-state index in [-0.39, 0.29) is 11.6 Å². The Hall–Kier alpha value is -2.71. The molecular formula is C22H16Br2FN3O2. The molecule has 0 radical (unpaired) electrons. The molecule has 0 saturated carbocycles. The molecule has 2 heterocycles. The minimum absolute atomic E-state index is 0.151. The Morgan fingerprint density at radius 3 is 2.70 bits per heavy atom. The number of aromatic nitrogens is 1. The number of halogens is 3. The molecular weight excluding hydrogens is 517 g/mol. The zero-order chi connectivity index (χ0) is 21.4. The number of furan rings is 1. The molecule has 152 valence electrons. The van der Waals surface area contributed by atoms with Crippen LogP contribution in [0.4, 0.5) is 4.39 Å². The number of carbonyl (C=O) groups excluding carboxylic acids is 1. The van der Waals surface area contributed by atoms with Gasteiger partial charge in [0.1, 0.15) is 11.4 Å². The van der Waals surface area contributed by atoms with Gasteiger partial charge in [-0.1, -0.05) is 28.1 Å². The molecule has 30 heavy (non-hydrogen) atoms. The minimum Gasteiger partial charge on any atom is -0.450 e. The third kappa shape index (κ3) is 3.85. The summed E-state index contributed by atoms with van der Waals surface area (Å²) in [5, 5.41) is 4.84. The first-order valence-electron chi connectivity index (χ1n) is 9.01. The molecule has 2 aromatic carbocycles. The number of nitrogens with zero attached hydrogens (tertiary/aromatic N) is 2. The van der Waals surface area contributed by atoms with Crippen LogP contribution < -0.4 is 5.43 Å².